The predicted octanol–water partition coefficient (Wildman–Crippen LogP) is 5.96. The monoisotopic (exact) mass is 399 g/mol. The molecule has 1 aliphatic rings. The zero-order chi connectivity index (χ0) is 18.5. The maximum absolute atomic E-state index is 12.6. The van der Waals surface area contributed by atoms with Crippen LogP contribution < -0.4 is 5.32 Å². The molecule has 7 heteroatoms. The highest BCUT2D eigenvalue weighted by Gasteiger charge is 2.37. The molecule has 4 nitrogen and oxygen atoms in total. The van der Waals surface area contributed by atoms with E-state index < -0.39 is 5.91 Å². The molecule has 0 saturated heterocycles. The summed E-state index contributed by atoms with van der Waals surface area (Å²) >= 11 is 18.0. The Labute approximate surface area is 160 Å². The summed E-state index contributed by atoms with van der Waals surface area (Å²) in [5, 5.41) is 3.48. The maximum atomic E-state index is 12.6. The first kappa shape index (κ1) is 18.3. The number of ketones is 1. The predicted molar refractivity (Wildman–Crippen MR) is 99.3 cm³/mol. The summed E-state index contributed by atoms with van der Waals surface area (Å²) in [7, 11) is 0. The van der Waals surface area contributed by atoms with Crippen molar-refractivity contribution in [1.29, 1.82) is 0 Å². The lowest BCUT2D eigenvalue weighted by atomic mass is 9.76. The number of furan rings is 1. The van der Waals surface area contributed by atoms with E-state index in [0.717, 1.165) is 0 Å². The van der Waals surface area contributed by atoms with Crippen molar-refractivity contribution in [2.24, 2.45) is 5.41 Å². The van der Waals surface area contributed by atoms with Crippen molar-refractivity contribution in [1.82, 2.24) is 0 Å². The van der Waals surface area contributed by atoms with E-state index in [9.17, 15) is 9.59 Å². The lowest BCUT2D eigenvalue weighted by Gasteiger charge is -2.27. The molecule has 2 aromatic rings. The third-order valence-electron chi connectivity index (χ3n) is 4.24. The van der Waals surface area contributed by atoms with Crippen molar-refractivity contribution in [2.45, 2.75) is 33.6 Å². The Kier molecular flexibility index (Phi) is 4.65. The van der Waals surface area contributed by atoms with Crippen LogP contribution in [0.15, 0.2) is 16.5 Å². The quantitative estimate of drug-likeness (QED) is 0.633. The number of amides is 1. The molecule has 0 spiro atoms. The van der Waals surface area contributed by atoms with Gasteiger partial charge in [-0.25, -0.2) is 0 Å². The Hall–Kier alpha value is -1.49. The number of rotatable bonds is 2. The van der Waals surface area contributed by atoms with Gasteiger partial charge in [0.25, 0.3) is 5.91 Å². The second kappa shape index (κ2) is 6.35. The van der Waals surface area contributed by atoms with Crippen LogP contribution in [0.2, 0.25) is 15.1 Å². The van der Waals surface area contributed by atoms with Gasteiger partial charge in [-0.1, -0.05) is 48.7 Å². The van der Waals surface area contributed by atoms with Crippen LogP contribution >= 0.6 is 34.8 Å². The molecule has 0 atom stereocenters. The number of halogens is 3. The van der Waals surface area contributed by atoms with Crippen molar-refractivity contribution in [2.75, 3.05) is 5.32 Å². The zero-order valence-corrected chi connectivity index (χ0v) is 16.2. The molecule has 0 radical (unpaired) electrons. The lowest BCUT2D eigenvalue weighted by molar-refractivity contribution is 0.0898. The van der Waals surface area contributed by atoms with E-state index in [4.69, 9.17) is 39.2 Å². The number of Topliss-reactive ketones (excluding diaryl/α,β-unsaturated/α-hetero) is 1. The van der Waals surface area contributed by atoms with Crippen LogP contribution in [0.3, 0.4) is 0 Å². The molecule has 1 amide bonds. The number of nitrogens with one attached hydrogen (secondary N) is 1. The highest BCUT2D eigenvalue weighted by Crippen LogP contribution is 2.39. The van der Waals surface area contributed by atoms with Crippen molar-refractivity contribution in [3.63, 3.8) is 0 Å². The number of carbonyl (C=O) groups excluding carboxylic acids is 2. The summed E-state index contributed by atoms with van der Waals surface area (Å²) in [4.78, 5) is 25.0. The smallest absolute Gasteiger partial charge is 0.291 e. The molecular weight excluding hydrogens is 385 g/mol. The molecule has 1 heterocycles. The maximum Gasteiger partial charge on any atom is 0.291 e. The molecule has 0 aliphatic heterocycles. The third-order valence-corrected chi connectivity index (χ3v) is 5.28. The molecule has 1 aromatic heterocycles. The minimum Gasteiger partial charge on any atom is -0.455 e. The largest absolute Gasteiger partial charge is 0.455 e. The molecule has 0 saturated carbocycles. The summed E-state index contributed by atoms with van der Waals surface area (Å²) < 4.78 is 5.74. The first-order chi connectivity index (χ1) is 11.6. The molecule has 132 valence electrons. The summed E-state index contributed by atoms with van der Waals surface area (Å²) in [6.45, 7) is 5.71. The zero-order valence-electron chi connectivity index (χ0n) is 13.9. The van der Waals surface area contributed by atoms with Gasteiger partial charge in [0, 0.05) is 18.4 Å². The minimum atomic E-state index is -0.488. The van der Waals surface area contributed by atoms with Crippen LogP contribution in [0, 0.1) is 12.3 Å². The first-order valence-electron chi connectivity index (χ1n) is 7.70. The minimum absolute atomic E-state index is 0.000815. The summed E-state index contributed by atoms with van der Waals surface area (Å²) in [5.74, 6) is 0.180. The number of fused-ring (bicyclic) bond motifs is 1. The average Bonchev–Trinajstić information content (AvgIpc) is 2.80. The number of hydrogen-bond acceptors (Lipinski definition) is 3. The Balaban J connectivity index is 1.95. The standard InChI is InChI=1S/C18H16Cl3NO3/c1-8-15-13(23)6-18(2,3)7-14(15)25-16(8)17(24)22-12-5-10(20)9(19)4-11(12)21/h4-5H,6-7H2,1-3H3,(H,22,24). The summed E-state index contributed by atoms with van der Waals surface area (Å²) in [6.07, 6.45) is 1.04. The molecule has 1 aliphatic carbocycles. The van der Waals surface area contributed by atoms with Gasteiger partial charge >= 0.3 is 0 Å². The van der Waals surface area contributed by atoms with E-state index in [-0.39, 0.29) is 27.0 Å². The van der Waals surface area contributed by atoms with Gasteiger partial charge < -0.3 is 9.73 Å². The first-order valence-corrected chi connectivity index (χ1v) is 8.84. The molecular formula is C18H16Cl3NO3. The van der Waals surface area contributed by atoms with Crippen LogP contribution in [0.25, 0.3) is 0 Å². The van der Waals surface area contributed by atoms with Crippen LogP contribution in [0.5, 0.6) is 0 Å². The van der Waals surface area contributed by atoms with Gasteiger partial charge in [0.2, 0.25) is 0 Å². The van der Waals surface area contributed by atoms with Gasteiger partial charge in [0.05, 0.1) is 26.3 Å². The van der Waals surface area contributed by atoms with Crippen LogP contribution in [-0.2, 0) is 6.42 Å². The fourth-order valence-corrected chi connectivity index (χ4v) is 3.69. The molecule has 25 heavy (non-hydrogen) atoms. The SMILES string of the molecule is Cc1c(C(=O)Nc2cc(Cl)c(Cl)cc2Cl)oc2c1C(=O)CC(C)(C)C2. The van der Waals surface area contributed by atoms with E-state index in [1.807, 2.05) is 13.8 Å². The van der Waals surface area contributed by atoms with Gasteiger partial charge in [-0.3, -0.25) is 9.59 Å². The molecule has 1 aromatic carbocycles. The molecule has 3 rings (SSSR count). The third kappa shape index (κ3) is 3.43. The van der Waals surface area contributed by atoms with Crippen LogP contribution in [0.1, 0.15) is 52.5 Å². The Morgan fingerprint density at radius 3 is 2.44 bits per heavy atom. The normalized spacial score (nSPS) is 15.8. The van der Waals surface area contributed by atoms with Crippen LogP contribution in [0.4, 0.5) is 5.69 Å². The highest BCUT2D eigenvalue weighted by molar-refractivity contribution is 6.44. The molecule has 0 bridgehead atoms. The number of anilines is 1. The Morgan fingerprint density at radius 1 is 1.12 bits per heavy atom. The molecule has 1 N–H and O–H groups in total. The van der Waals surface area contributed by atoms with Gasteiger partial charge in [0.15, 0.2) is 11.5 Å². The second-order valence-electron chi connectivity index (χ2n) is 7.00. The van der Waals surface area contributed by atoms with Gasteiger partial charge in [-0.05, 0) is 24.5 Å². The van der Waals surface area contributed by atoms with Gasteiger partial charge in [-0.15, -0.1) is 0 Å². The lowest BCUT2D eigenvalue weighted by Crippen LogP contribution is -2.26. The van der Waals surface area contributed by atoms with E-state index in [1.165, 1.54) is 12.1 Å². The number of hydrogen-bond donors (Lipinski definition) is 1. The number of carbonyl (C=O) groups is 2. The highest BCUT2D eigenvalue weighted by atomic mass is 35.5. The second-order valence-corrected chi connectivity index (χ2v) is 8.22. The Bertz CT molecular complexity index is 899. The van der Waals surface area contributed by atoms with Crippen molar-refractivity contribution < 1.29 is 14.0 Å². The van der Waals surface area contributed by atoms with E-state index in [2.05, 4.69) is 5.32 Å². The fourth-order valence-electron chi connectivity index (χ4n) is 3.10. The fraction of sp³-hybridized carbons (Fsp3) is 0.333. The van der Waals surface area contributed by atoms with Crippen molar-refractivity contribution in [3.8, 4) is 0 Å². The molecule has 0 unspecified atom stereocenters. The van der Waals surface area contributed by atoms with Gasteiger partial charge in [-0.2, -0.15) is 0 Å². The topological polar surface area (TPSA) is 59.3 Å². The van der Waals surface area contributed by atoms with E-state index >= 15 is 0 Å². The van der Waals surface area contributed by atoms with Gasteiger partial charge in [0.1, 0.15) is 5.76 Å². The summed E-state index contributed by atoms with van der Waals surface area (Å²) in [5.41, 5.74) is 1.20. The Morgan fingerprint density at radius 2 is 1.76 bits per heavy atom. The van der Waals surface area contributed by atoms with E-state index in [1.54, 1.807) is 6.92 Å². The molecule has 0 fully saturated rings. The van der Waals surface area contributed by atoms with Crippen molar-refractivity contribution in [3.05, 3.63) is 49.8 Å². The summed E-state index contributed by atoms with van der Waals surface area (Å²) in [6, 6.07) is 2.92. The number of benzene rings is 1. The van der Waals surface area contributed by atoms with E-state index in [0.29, 0.717) is 40.4 Å². The van der Waals surface area contributed by atoms with Crippen molar-refractivity contribution >= 4 is 52.2 Å². The average molecular weight is 401 g/mol. The van der Waals surface area contributed by atoms with Crippen LogP contribution in [-0.4, -0.2) is 11.7 Å².